The Morgan fingerprint density at radius 2 is 1.00 bits per heavy atom. The largest absolute Gasteiger partial charge is 0.493 e. The molecule has 0 fully saturated rings. The van der Waals surface area contributed by atoms with Crippen molar-refractivity contribution >= 4 is 22.8 Å². The fraction of sp³-hybridized carbons (Fsp3) is 0.333. The summed E-state index contributed by atoms with van der Waals surface area (Å²) in [6, 6.07) is 17.6. The van der Waals surface area contributed by atoms with Crippen LogP contribution in [0.5, 0.6) is 34.5 Å². The van der Waals surface area contributed by atoms with Crippen LogP contribution in [-0.2, 0) is 6.42 Å². The Labute approximate surface area is 224 Å². The quantitative estimate of drug-likeness (QED) is 0.236. The first-order valence-corrected chi connectivity index (χ1v) is 12.3. The molecule has 3 rings (SSSR count). The predicted octanol–water partition coefficient (Wildman–Crippen LogP) is 6.63. The number of ether oxygens (including phenoxy) is 6. The van der Waals surface area contributed by atoms with Crippen LogP contribution in [0.3, 0.4) is 0 Å². The van der Waals surface area contributed by atoms with Gasteiger partial charge in [0.25, 0.3) is 0 Å². The lowest BCUT2D eigenvalue weighted by molar-refractivity contribution is 0.324. The van der Waals surface area contributed by atoms with Crippen LogP contribution >= 0.6 is 0 Å². The molecule has 0 spiro atoms. The van der Waals surface area contributed by atoms with Gasteiger partial charge in [0.15, 0.2) is 23.0 Å². The molecule has 0 saturated carbocycles. The van der Waals surface area contributed by atoms with Crippen molar-refractivity contribution in [3.05, 3.63) is 60.2 Å². The lowest BCUT2D eigenvalue weighted by atomic mass is 10.0. The average Bonchev–Trinajstić information content (AvgIpc) is 2.97. The zero-order valence-corrected chi connectivity index (χ0v) is 23.2. The summed E-state index contributed by atoms with van der Waals surface area (Å²) in [5, 5.41) is 0. The number of aliphatic imine (C=N–C) groups is 2. The Morgan fingerprint density at radius 3 is 1.37 bits per heavy atom. The van der Waals surface area contributed by atoms with Gasteiger partial charge in [0.05, 0.1) is 65.5 Å². The third kappa shape index (κ3) is 6.76. The second-order valence-electron chi connectivity index (χ2n) is 8.22. The van der Waals surface area contributed by atoms with Gasteiger partial charge in [0.1, 0.15) is 0 Å². The number of benzene rings is 3. The van der Waals surface area contributed by atoms with Crippen molar-refractivity contribution < 1.29 is 28.4 Å². The number of hydrogen-bond acceptors (Lipinski definition) is 8. The highest BCUT2D eigenvalue weighted by molar-refractivity contribution is 6.43. The van der Waals surface area contributed by atoms with Crippen molar-refractivity contribution in [2.24, 2.45) is 9.98 Å². The maximum Gasteiger partial charge on any atom is 0.203 e. The summed E-state index contributed by atoms with van der Waals surface area (Å²) < 4.78 is 33.1. The Hall–Kier alpha value is -4.20. The molecule has 0 aliphatic carbocycles. The molecule has 0 atom stereocenters. The number of methoxy groups -OCH3 is 6. The van der Waals surface area contributed by atoms with Crippen molar-refractivity contribution in [3.63, 3.8) is 0 Å². The first kappa shape index (κ1) is 28.4. The van der Waals surface area contributed by atoms with E-state index >= 15 is 0 Å². The molecule has 0 amide bonds. The van der Waals surface area contributed by atoms with Crippen molar-refractivity contribution in [1.82, 2.24) is 0 Å². The zero-order chi connectivity index (χ0) is 27.5. The highest BCUT2D eigenvalue weighted by atomic mass is 16.5. The summed E-state index contributed by atoms with van der Waals surface area (Å²) >= 11 is 0. The fourth-order valence-corrected chi connectivity index (χ4v) is 4.10. The van der Waals surface area contributed by atoms with E-state index in [9.17, 15) is 0 Å². The first-order chi connectivity index (χ1) is 18.5. The normalized spacial score (nSPS) is 11.7. The molecular formula is C30H36N2O6. The van der Waals surface area contributed by atoms with E-state index < -0.39 is 0 Å². The highest BCUT2D eigenvalue weighted by Crippen LogP contribution is 2.42. The molecule has 0 aromatic heterocycles. The third-order valence-electron chi connectivity index (χ3n) is 5.99. The minimum atomic E-state index is 0.515. The molecule has 8 nitrogen and oxygen atoms in total. The van der Waals surface area contributed by atoms with Crippen molar-refractivity contribution in [2.45, 2.75) is 26.2 Å². The van der Waals surface area contributed by atoms with Crippen molar-refractivity contribution in [1.29, 1.82) is 0 Å². The SMILES string of the molecule is CCC(=Nc1cc(OC)c(OC)c(OC)c1)C(CCc1ccccc1)=Nc1cc(OC)c(OC)c(OC)c1. The van der Waals surface area contributed by atoms with Gasteiger partial charge in [-0.05, 0) is 24.8 Å². The smallest absolute Gasteiger partial charge is 0.203 e. The molecule has 0 heterocycles. The van der Waals surface area contributed by atoms with Crippen molar-refractivity contribution in [2.75, 3.05) is 42.7 Å². The molecular weight excluding hydrogens is 484 g/mol. The summed E-state index contributed by atoms with van der Waals surface area (Å²) in [6.07, 6.45) is 2.14. The minimum absolute atomic E-state index is 0.515. The minimum Gasteiger partial charge on any atom is -0.493 e. The Bertz CT molecular complexity index is 1220. The summed E-state index contributed by atoms with van der Waals surface area (Å²) in [4.78, 5) is 10.0. The summed E-state index contributed by atoms with van der Waals surface area (Å²) in [5.74, 6) is 3.17. The van der Waals surface area contributed by atoms with E-state index in [1.54, 1.807) is 42.7 Å². The van der Waals surface area contributed by atoms with Gasteiger partial charge in [-0.1, -0.05) is 37.3 Å². The summed E-state index contributed by atoms with van der Waals surface area (Å²) in [7, 11) is 9.50. The zero-order valence-electron chi connectivity index (χ0n) is 23.2. The molecule has 0 aliphatic heterocycles. The predicted molar refractivity (Wildman–Crippen MR) is 151 cm³/mol. The number of aryl methyl sites for hydroxylation is 1. The van der Waals surface area contributed by atoms with Crippen LogP contribution in [-0.4, -0.2) is 54.1 Å². The van der Waals surface area contributed by atoms with Crippen LogP contribution in [0.2, 0.25) is 0 Å². The maximum absolute atomic E-state index is 5.54. The molecule has 38 heavy (non-hydrogen) atoms. The van der Waals surface area contributed by atoms with E-state index in [0.29, 0.717) is 58.7 Å². The molecule has 0 unspecified atom stereocenters. The Balaban J connectivity index is 2.14. The van der Waals surface area contributed by atoms with E-state index in [4.69, 9.17) is 38.4 Å². The van der Waals surface area contributed by atoms with Gasteiger partial charge >= 0.3 is 0 Å². The van der Waals surface area contributed by atoms with Gasteiger partial charge in [0.2, 0.25) is 11.5 Å². The second-order valence-corrected chi connectivity index (χ2v) is 8.22. The van der Waals surface area contributed by atoms with Gasteiger partial charge in [-0.15, -0.1) is 0 Å². The molecule has 0 saturated heterocycles. The number of rotatable bonds is 13. The third-order valence-corrected chi connectivity index (χ3v) is 5.99. The molecule has 8 heteroatoms. The van der Waals surface area contributed by atoms with Crippen LogP contribution in [0.25, 0.3) is 0 Å². The molecule has 3 aromatic rings. The summed E-state index contributed by atoms with van der Waals surface area (Å²) in [5.41, 5.74) is 4.25. The van der Waals surface area contributed by atoms with E-state index in [2.05, 4.69) is 19.1 Å². The first-order valence-electron chi connectivity index (χ1n) is 12.3. The van der Waals surface area contributed by atoms with Gasteiger partial charge in [-0.25, -0.2) is 0 Å². The van der Waals surface area contributed by atoms with Crippen LogP contribution in [0.1, 0.15) is 25.3 Å². The second kappa shape index (κ2) is 13.9. The average molecular weight is 521 g/mol. The standard InChI is InChI=1S/C30H36N2O6/c1-8-23(31-21-16-25(33-2)29(37-6)26(17-21)34-3)24(15-14-20-12-10-9-11-13-20)32-22-18-27(35-4)30(38-7)28(19-22)36-5/h9-13,16-19H,8,14-15H2,1-7H3. The summed E-state index contributed by atoms with van der Waals surface area (Å²) in [6.45, 7) is 2.06. The van der Waals surface area contributed by atoms with E-state index in [-0.39, 0.29) is 0 Å². The van der Waals surface area contributed by atoms with Gasteiger partial charge in [-0.3, -0.25) is 9.98 Å². The number of nitrogens with zero attached hydrogens (tertiary/aromatic N) is 2. The topological polar surface area (TPSA) is 80.1 Å². The monoisotopic (exact) mass is 520 g/mol. The van der Waals surface area contributed by atoms with Crippen LogP contribution < -0.4 is 28.4 Å². The molecule has 3 aromatic carbocycles. The van der Waals surface area contributed by atoms with E-state index in [0.717, 1.165) is 17.8 Å². The Kier molecular flexibility index (Phi) is 10.4. The maximum atomic E-state index is 5.54. The highest BCUT2D eigenvalue weighted by Gasteiger charge is 2.17. The fourth-order valence-electron chi connectivity index (χ4n) is 4.10. The molecule has 0 radical (unpaired) electrons. The molecule has 202 valence electrons. The molecule has 0 N–H and O–H groups in total. The molecule has 0 bridgehead atoms. The lowest BCUT2D eigenvalue weighted by Crippen LogP contribution is -2.14. The van der Waals surface area contributed by atoms with Crippen LogP contribution in [0.4, 0.5) is 11.4 Å². The van der Waals surface area contributed by atoms with Gasteiger partial charge in [0, 0.05) is 24.3 Å². The number of hydrogen-bond donors (Lipinski definition) is 0. The molecule has 0 aliphatic rings. The Morgan fingerprint density at radius 1 is 0.579 bits per heavy atom. The van der Waals surface area contributed by atoms with Crippen LogP contribution in [0.15, 0.2) is 64.6 Å². The van der Waals surface area contributed by atoms with Crippen LogP contribution in [0, 0.1) is 0 Å². The van der Waals surface area contributed by atoms with Crippen molar-refractivity contribution in [3.8, 4) is 34.5 Å². The van der Waals surface area contributed by atoms with Gasteiger partial charge < -0.3 is 28.4 Å². The van der Waals surface area contributed by atoms with E-state index in [1.165, 1.54) is 5.56 Å². The lowest BCUT2D eigenvalue weighted by Gasteiger charge is -2.15. The van der Waals surface area contributed by atoms with Gasteiger partial charge in [-0.2, -0.15) is 0 Å². The van der Waals surface area contributed by atoms with E-state index in [1.807, 2.05) is 42.5 Å².